The molecule has 2 atom stereocenters. The van der Waals surface area contributed by atoms with Gasteiger partial charge in [-0.25, -0.2) is 0 Å². The highest BCUT2D eigenvalue weighted by atomic mass is 32.1. The Morgan fingerprint density at radius 2 is 2.00 bits per heavy atom. The van der Waals surface area contributed by atoms with E-state index >= 15 is 0 Å². The molecule has 1 aromatic rings. The molecule has 3 heteroatoms. The van der Waals surface area contributed by atoms with Gasteiger partial charge in [-0.2, -0.15) is 0 Å². The maximum atomic E-state index is 12.1. The van der Waals surface area contributed by atoms with E-state index in [1.54, 1.807) is 11.7 Å². The second-order valence-corrected chi connectivity index (χ2v) is 5.73. The lowest BCUT2D eigenvalue weighted by Gasteiger charge is -2.30. The van der Waals surface area contributed by atoms with Crippen LogP contribution in [0.25, 0.3) is 0 Å². The highest BCUT2D eigenvalue weighted by Crippen LogP contribution is 2.35. The number of Topliss-reactive ketones (excluding diaryl/α,β-unsaturated/α-hetero) is 1. The predicted molar refractivity (Wildman–Crippen MR) is 62.1 cm³/mol. The normalized spacial score (nSPS) is 31.5. The zero-order valence-electron chi connectivity index (χ0n) is 9.27. The summed E-state index contributed by atoms with van der Waals surface area (Å²) in [5.41, 5.74) is 1.74. The van der Waals surface area contributed by atoms with Gasteiger partial charge in [-0.3, -0.25) is 9.78 Å². The molecule has 1 fully saturated rings. The molecule has 0 N–H and O–H groups in total. The Morgan fingerprint density at radius 3 is 2.53 bits per heavy atom. The van der Waals surface area contributed by atoms with Crippen molar-refractivity contribution in [2.75, 3.05) is 0 Å². The summed E-state index contributed by atoms with van der Waals surface area (Å²) in [5, 5.41) is 0. The summed E-state index contributed by atoms with van der Waals surface area (Å²) >= 11 is 1.47. The predicted octanol–water partition coefficient (Wildman–Crippen LogP) is 3.40. The van der Waals surface area contributed by atoms with Crippen molar-refractivity contribution in [2.24, 2.45) is 17.8 Å². The van der Waals surface area contributed by atoms with E-state index in [0.29, 0.717) is 17.6 Å². The van der Waals surface area contributed by atoms with Crippen molar-refractivity contribution in [3.63, 3.8) is 0 Å². The smallest absolute Gasteiger partial charge is 0.177 e. The second-order valence-electron chi connectivity index (χ2n) is 4.84. The summed E-state index contributed by atoms with van der Waals surface area (Å²) in [4.78, 5) is 16.9. The average molecular weight is 223 g/mol. The average Bonchev–Trinajstić information content (AvgIpc) is 2.67. The maximum absolute atomic E-state index is 12.1. The summed E-state index contributed by atoms with van der Waals surface area (Å²) in [7, 11) is 0. The molecule has 1 aromatic heterocycles. The standard InChI is InChI=1S/C12H17NOS/c1-8-3-9(2)5-10(4-8)12(14)11-6-13-7-15-11/h6-10H,3-5H2,1-2H3. The monoisotopic (exact) mass is 223 g/mol. The Balaban J connectivity index is 2.07. The van der Waals surface area contributed by atoms with E-state index in [2.05, 4.69) is 18.8 Å². The Hall–Kier alpha value is -0.700. The molecule has 0 radical (unpaired) electrons. The lowest BCUT2D eigenvalue weighted by molar-refractivity contribution is 0.0840. The third-order valence-electron chi connectivity index (χ3n) is 3.22. The van der Waals surface area contributed by atoms with Crippen LogP contribution in [0.15, 0.2) is 11.7 Å². The largest absolute Gasteiger partial charge is 0.293 e. The van der Waals surface area contributed by atoms with Crippen LogP contribution in [-0.4, -0.2) is 10.8 Å². The summed E-state index contributed by atoms with van der Waals surface area (Å²) in [6, 6.07) is 0. The minimum Gasteiger partial charge on any atom is -0.293 e. The molecule has 0 aromatic carbocycles. The number of carbonyl (C=O) groups is 1. The van der Waals surface area contributed by atoms with Crippen molar-refractivity contribution in [2.45, 2.75) is 33.1 Å². The van der Waals surface area contributed by atoms with Crippen LogP contribution in [0.1, 0.15) is 42.8 Å². The van der Waals surface area contributed by atoms with Crippen LogP contribution in [0.4, 0.5) is 0 Å². The number of carbonyl (C=O) groups excluding carboxylic acids is 1. The van der Waals surface area contributed by atoms with E-state index in [1.807, 2.05) is 0 Å². The topological polar surface area (TPSA) is 30.0 Å². The van der Waals surface area contributed by atoms with E-state index in [1.165, 1.54) is 17.8 Å². The van der Waals surface area contributed by atoms with Crippen molar-refractivity contribution in [1.29, 1.82) is 0 Å². The van der Waals surface area contributed by atoms with Crippen molar-refractivity contribution < 1.29 is 4.79 Å². The molecule has 0 aliphatic heterocycles. The van der Waals surface area contributed by atoms with Crippen LogP contribution in [0.2, 0.25) is 0 Å². The van der Waals surface area contributed by atoms with Gasteiger partial charge in [0.1, 0.15) is 0 Å². The number of nitrogens with zero attached hydrogens (tertiary/aromatic N) is 1. The van der Waals surface area contributed by atoms with Gasteiger partial charge in [0.05, 0.1) is 10.4 Å². The fourth-order valence-electron chi connectivity index (χ4n) is 2.70. The molecule has 1 aliphatic rings. The van der Waals surface area contributed by atoms with Crippen molar-refractivity contribution in [3.8, 4) is 0 Å². The summed E-state index contributed by atoms with van der Waals surface area (Å²) in [5.74, 6) is 1.94. The number of hydrogen-bond donors (Lipinski definition) is 0. The van der Waals surface area contributed by atoms with Crippen molar-refractivity contribution >= 4 is 17.1 Å². The third kappa shape index (κ3) is 2.46. The van der Waals surface area contributed by atoms with Gasteiger partial charge in [-0.15, -0.1) is 11.3 Å². The van der Waals surface area contributed by atoms with Crippen LogP contribution in [0.5, 0.6) is 0 Å². The molecule has 1 saturated carbocycles. The third-order valence-corrected chi connectivity index (χ3v) is 4.01. The highest BCUT2D eigenvalue weighted by Gasteiger charge is 2.29. The van der Waals surface area contributed by atoms with Gasteiger partial charge < -0.3 is 0 Å². The number of thiazole rings is 1. The van der Waals surface area contributed by atoms with Gasteiger partial charge in [0.15, 0.2) is 5.78 Å². The molecule has 0 saturated heterocycles. The summed E-state index contributed by atoms with van der Waals surface area (Å²) < 4.78 is 0. The quantitative estimate of drug-likeness (QED) is 0.719. The van der Waals surface area contributed by atoms with E-state index in [9.17, 15) is 4.79 Å². The number of rotatable bonds is 2. The first kappa shape index (κ1) is 10.8. The Kier molecular flexibility index (Phi) is 3.19. The summed E-state index contributed by atoms with van der Waals surface area (Å²) in [6.07, 6.45) is 5.09. The minimum atomic E-state index is 0.240. The fourth-order valence-corrected chi connectivity index (χ4v) is 3.34. The molecule has 0 bridgehead atoms. The van der Waals surface area contributed by atoms with Crippen molar-refractivity contribution in [1.82, 2.24) is 4.98 Å². The zero-order valence-corrected chi connectivity index (χ0v) is 10.1. The van der Waals surface area contributed by atoms with Gasteiger partial charge in [-0.05, 0) is 31.1 Å². The first-order valence-electron chi connectivity index (χ1n) is 5.59. The van der Waals surface area contributed by atoms with Crippen LogP contribution in [0.3, 0.4) is 0 Å². The molecule has 1 aliphatic carbocycles. The van der Waals surface area contributed by atoms with Gasteiger partial charge in [-0.1, -0.05) is 13.8 Å². The number of ketones is 1. The van der Waals surface area contributed by atoms with Gasteiger partial charge in [0.25, 0.3) is 0 Å². The molecule has 15 heavy (non-hydrogen) atoms. The highest BCUT2D eigenvalue weighted by molar-refractivity contribution is 7.11. The van der Waals surface area contributed by atoms with Crippen LogP contribution in [0, 0.1) is 17.8 Å². The summed E-state index contributed by atoms with van der Waals surface area (Å²) in [6.45, 7) is 4.51. The Bertz CT molecular complexity index is 323. The molecule has 1 heterocycles. The lowest BCUT2D eigenvalue weighted by atomic mass is 9.75. The van der Waals surface area contributed by atoms with E-state index in [-0.39, 0.29) is 5.92 Å². The minimum absolute atomic E-state index is 0.240. The Labute approximate surface area is 94.7 Å². The molecule has 2 rings (SSSR count). The molecule has 2 nitrogen and oxygen atoms in total. The first-order chi connectivity index (χ1) is 7.16. The van der Waals surface area contributed by atoms with Crippen molar-refractivity contribution in [3.05, 3.63) is 16.6 Å². The van der Waals surface area contributed by atoms with Gasteiger partial charge in [0, 0.05) is 12.1 Å². The Morgan fingerprint density at radius 1 is 1.33 bits per heavy atom. The van der Waals surface area contributed by atoms with E-state index in [4.69, 9.17) is 0 Å². The van der Waals surface area contributed by atoms with Gasteiger partial charge >= 0.3 is 0 Å². The number of hydrogen-bond acceptors (Lipinski definition) is 3. The SMILES string of the molecule is CC1CC(C)CC(C(=O)c2cncs2)C1. The van der Waals surface area contributed by atoms with Crippen LogP contribution >= 0.6 is 11.3 Å². The lowest BCUT2D eigenvalue weighted by Crippen LogP contribution is -2.25. The van der Waals surface area contributed by atoms with Crippen LogP contribution < -0.4 is 0 Å². The van der Waals surface area contributed by atoms with E-state index in [0.717, 1.165) is 17.7 Å². The van der Waals surface area contributed by atoms with E-state index < -0.39 is 0 Å². The van der Waals surface area contributed by atoms with Crippen LogP contribution in [-0.2, 0) is 0 Å². The first-order valence-corrected chi connectivity index (χ1v) is 6.47. The maximum Gasteiger partial charge on any atom is 0.177 e. The second kappa shape index (κ2) is 4.44. The molecule has 2 unspecified atom stereocenters. The molecule has 0 spiro atoms. The fraction of sp³-hybridized carbons (Fsp3) is 0.667. The number of aromatic nitrogens is 1. The zero-order chi connectivity index (χ0) is 10.8. The molecule has 0 amide bonds. The van der Waals surface area contributed by atoms with Gasteiger partial charge in [0.2, 0.25) is 0 Å². The molecular formula is C12H17NOS. The molecule has 82 valence electrons. The molecular weight excluding hydrogens is 206 g/mol.